The van der Waals surface area contributed by atoms with E-state index in [0.29, 0.717) is 6.42 Å². The molecule has 0 saturated carbocycles. The summed E-state index contributed by atoms with van der Waals surface area (Å²) in [6.07, 6.45) is -3.77. The summed E-state index contributed by atoms with van der Waals surface area (Å²) in [5.74, 6) is 0. The highest BCUT2D eigenvalue weighted by atomic mass is 19.4. The second-order valence-corrected chi connectivity index (χ2v) is 3.88. The van der Waals surface area contributed by atoms with E-state index in [1.54, 1.807) is 7.05 Å². The van der Waals surface area contributed by atoms with Crippen molar-refractivity contribution in [2.24, 2.45) is 5.10 Å². The van der Waals surface area contributed by atoms with Crippen molar-refractivity contribution in [1.29, 1.82) is 0 Å². The second-order valence-electron chi connectivity index (χ2n) is 3.88. The standard InChI is InChI=1S/C8H13F3N2/c1-7(2)5-4-6(8(9,10)11)12-13(7)3/h4-5H2,1-3H3. The molecule has 0 radical (unpaired) electrons. The van der Waals surface area contributed by atoms with Crippen LogP contribution in [0.3, 0.4) is 0 Å². The van der Waals surface area contributed by atoms with Gasteiger partial charge >= 0.3 is 6.18 Å². The monoisotopic (exact) mass is 194 g/mol. The lowest BCUT2D eigenvalue weighted by Gasteiger charge is -2.38. The van der Waals surface area contributed by atoms with Gasteiger partial charge in [0.2, 0.25) is 0 Å². The van der Waals surface area contributed by atoms with E-state index < -0.39 is 11.9 Å². The second kappa shape index (κ2) is 2.89. The number of hydrogen-bond donors (Lipinski definition) is 0. The minimum Gasteiger partial charge on any atom is -0.294 e. The summed E-state index contributed by atoms with van der Waals surface area (Å²) in [6, 6.07) is 0. The van der Waals surface area contributed by atoms with Gasteiger partial charge in [0.15, 0.2) is 0 Å². The smallest absolute Gasteiger partial charge is 0.294 e. The van der Waals surface area contributed by atoms with E-state index in [2.05, 4.69) is 5.10 Å². The molecular formula is C8H13F3N2. The van der Waals surface area contributed by atoms with E-state index in [9.17, 15) is 13.2 Å². The first-order valence-electron chi connectivity index (χ1n) is 4.12. The van der Waals surface area contributed by atoms with Crippen molar-refractivity contribution in [3.63, 3.8) is 0 Å². The third-order valence-electron chi connectivity index (χ3n) is 2.45. The average Bonchev–Trinajstić information content (AvgIpc) is 1.92. The first kappa shape index (κ1) is 10.3. The van der Waals surface area contributed by atoms with E-state index in [4.69, 9.17) is 0 Å². The Labute approximate surface area is 75.4 Å². The van der Waals surface area contributed by atoms with Crippen molar-refractivity contribution in [3.8, 4) is 0 Å². The zero-order chi connectivity index (χ0) is 10.3. The molecule has 76 valence electrons. The maximum atomic E-state index is 12.2. The molecule has 0 aromatic heterocycles. The highest BCUT2D eigenvalue weighted by Crippen LogP contribution is 2.30. The van der Waals surface area contributed by atoms with Crippen molar-refractivity contribution in [1.82, 2.24) is 5.01 Å². The van der Waals surface area contributed by atoms with E-state index >= 15 is 0 Å². The summed E-state index contributed by atoms with van der Waals surface area (Å²) in [5, 5.41) is 4.92. The van der Waals surface area contributed by atoms with Crippen LogP contribution in [0.25, 0.3) is 0 Å². The lowest BCUT2D eigenvalue weighted by atomic mass is 9.94. The Hall–Kier alpha value is -0.740. The molecule has 0 N–H and O–H groups in total. The molecule has 0 atom stereocenters. The molecule has 0 amide bonds. The van der Waals surface area contributed by atoms with Crippen LogP contribution in [0.15, 0.2) is 5.10 Å². The molecule has 0 bridgehead atoms. The van der Waals surface area contributed by atoms with Gasteiger partial charge in [-0.05, 0) is 26.7 Å². The number of halogens is 3. The van der Waals surface area contributed by atoms with Gasteiger partial charge in [-0.15, -0.1) is 0 Å². The van der Waals surface area contributed by atoms with Crippen LogP contribution < -0.4 is 0 Å². The van der Waals surface area contributed by atoms with Crippen LogP contribution in [-0.4, -0.2) is 29.5 Å². The number of hydrazone groups is 1. The van der Waals surface area contributed by atoms with Crippen LogP contribution in [0.4, 0.5) is 13.2 Å². The van der Waals surface area contributed by atoms with E-state index in [-0.39, 0.29) is 12.0 Å². The highest BCUT2D eigenvalue weighted by Gasteiger charge is 2.40. The zero-order valence-electron chi connectivity index (χ0n) is 7.94. The van der Waals surface area contributed by atoms with Crippen molar-refractivity contribution in [3.05, 3.63) is 0 Å². The van der Waals surface area contributed by atoms with Gasteiger partial charge in [-0.3, -0.25) is 5.01 Å². The number of rotatable bonds is 0. The van der Waals surface area contributed by atoms with Crippen molar-refractivity contribution < 1.29 is 13.2 Å². The van der Waals surface area contributed by atoms with Crippen molar-refractivity contribution in [2.45, 2.75) is 38.4 Å². The maximum absolute atomic E-state index is 12.2. The predicted octanol–water partition coefficient (Wildman–Crippen LogP) is 2.41. The molecule has 0 saturated heterocycles. The van der Waals surface area contributed by atoms with Crippen LogP contribution in [0.2, 0.25) is 0 Å². The Bertz CT molecular complexity index is 230. The van der Waals surface area contributed by atoms with Crippen LogP contribution in [0.1, 0.15) is 26.7 Å². The number of nitrogens with zero attached hydrogens (tertiary/aromatic N) is 2. The Morgan fingerprint density at radius 1 is 1.38 bits per heavy atom. The molecule has 5 heteroatoms. The molecule has 0 aromatic rings. The van der Waals surface area contributed by atoms with E-state index in [0.717, 1.165) is 0 Å². The minimum atomic E-state index is -4.27. The van der Waals surface area contributed by atoms with E-state index in [1.165, 1.54) is 5.01 Å². The van der Waals surface area contributed by atoms with Gasteiger partial charge < -0.3 is 0 Å². The molecule has 0 unspecified atom stereocenters. The molecule has 0 aromatic carbocycles. The lowest BCUT2D eigenvalue weighted by Crippen LogP contribution is -2.44. The molecule has 0 spiro atoms. The van der Waals surface area contributed by atoms with Crippen LogP contribution in [0, 0.1) is 0 Å². The Kier molecular flexibility index (Phi) is 2.30. The fourth-order valence-electron chi connectivity index (χ4n) is 1.15. The summed E-state index contributed by atoms with van der Waals surface area (Å²) in [5.41, 5.74) is -0.941. The molecule has 0 aliphatic carbocycles. The van der Waals surface area contributed by atoms with Gasteiger partial charge in [0, 0.05) is 7.05 Å². The topological polar surface area (TPSA) is 15.6 Å². The normalized spacial score (nSPS) is 22.9. The predicted molar refractivity (Wildman–Crippen MR) is 44.6 cm³/mol. The van der Waals surface area contributed by atoms with Crippen LogP contribution in [-0.2, 0) is 0 Å². The summed E-state index contributed by atoms with van der Waals surface area (Å²) >= 11 is 0. The van der Waals surface area contributed by atoms with Gasteiger partial charge in [-0.1, -0.05) is 0 Å². The molecule has 1 aliphatic heterocycles. The Balaban J connectivity index is 2.85. The van der Waals surface area contributed by atoms with Gasteiger partial charge in [-0.2, -0.15) is 18.3 Å². The van der Waals surface area contributed by atoms with Gasteiger partial charge in [0.05, 0.1) is 5.54 Å². The number of alkyl halides is 3. The van der Waals surface area contributed by atoms with Crippen molar-refractivity contribution in [2.75, 3.05) is 7.05 Å². The number of hydrogen-bond acceptors (Lipinski definition) is 2. The van der Waals surface area contributed by atoms with Gasteiger partial charge in [0.25, 0.3) is 0 Å². The molecule has 0 fully saturated rings. The largest absolute Gasteiger partial charge is 0.431 e. The highest BCUT2D eigenvalue weighted by molar-refractivity contribution is 5.90. The fraction of sp³-hybridized carbons (Fsp3) is 0.875. The average molecular weight is 194 g/mol. The maximum Gasteiger partial charge on any atom is 0.431 e. The van der Waals surface area contributed by atoms with Crippen LogP contribution in [0.5, 0.6) is 0 Å². The van der Waals surface area contributed by atoms with Crippen LogP contribution >= 0.6 is 0 Å². The quantitative estimate of drug-likeness (QED) is 0.578. The molecule has 1 aliphatic rings. The van der Waals surface area contributed by atoms with Gasteiger partial charge in [-0.25, -0.2) is 0 Å². The molecule has 1 rings (SSSR count). The van der Waals surface area contributed by atoms with Gasteiger partial charge in [0.1, 0.15) is 5.71 Å². The third kappa shape index (κ3) is 2.14. The summed E-state index contributed by atoms with van der Waals surface area (Å²) < 4.78 is 36.6. The zero-order valence-corrected chi connectivity index (χ0v) is 7.94. The summed E-state index contributed by atoms with van der Waals surface area (Å²) in [6.45, 7) is 3.76. The Morgan fingerprint density at radius 2 is 1.92 bits per heavy atom. The molecule has 13 heavy (non-hydrogen) atoms. The first-order chi connectivity index (χ1) is 5.73. The fourth-order valence-corrected chi connectivity index (χ4v) is 1.15. The molecular weight excluding hydrogens is 181 g/mol. The van der Waals surface area contributed by atoms with Crippen molar-refractivity contribution >= 4 is 5.71 Å². The lowest BCUT2D eigenvalue weighted by molar-refractivity contribution is -0.0653. The first-order valence-corrected chi connectivity index (χ1v) is 4.12. The SMILES string of the molecule is CN1N=C(C(F)(F)F)CCC1(C)C. The molecule has 1 heterocycles. The molecule has 2 nitrogen and oxygen atoms in total. The van der Waals surface area contributed by atoms with E-state index in [1.807, 2.05) is 13.8 Å². The summed E-state index contributed by atoms with van der Waals surface area (Å²) in [7, 11) is 1.57. The third-order valence-corrected chi connectivity index (χ3v) is 2.45. The Morgan fingerprint density at radius 3 is 2.31 bits per heavy atom. The minimum absolute atomic E-state index is 0.0147. The summed E-state index contributed by atoms with van der Waals surface area (Å²) in [4.78, 5) is 0.